The molecule has 52 heavy (non-hydrogen) atoms. The minimum absolute atomic E-state index is 0.216. The van der Waals surface area contributed by atoms with Gasteiger partial charge in [0.2, 0.25) is 0 Å². The Bertz CT molecular complexity index is 823. The number of carbonyl (C=O) groups excluding carboxylic acids is 2. The summed E-state index contributed by atoms with van der Waals surface area (Å²) in [5.74, 6) is -0.786. The Labute approximate surface area is 321 Å². The number of esters is 2. The summed E-state index contributed by atoms with van der Waals surface area (Å²) in [5.41, 5.74) is 0. The Balaban J connectivity index is 3.90. The Kier molecular flexibility index (Phi) is 39.0. The number of hydrogen-bond donors (Lipinski definition) is 1. The van der Waals surface area contributed by atoms with Crippen LogP contribution in [0.4, 0.5) is 0 Å². The smallest absolute Gasteiger partial charge is 0.462 e. The third-order valence-corrected chi connectivity index (χ3v) is 11.0. The van der Waals surface area contributed by atoms with E-state index in [-0.39, 0.29) is 19.0 Å². The summed E-state index contributed by atoms with van der Waals surface area (Å²) in [7, 11) is -3.19. The van der Waals surface area contributed by atoms with Crippen molar-refractivity contribution in [2.24, 2.45) is 0 Å². The first kappa shape index (κ1) is 51.0. The van der Waals surface area contributed by atoms with Crippen molar-refractivity contribution in [3.8, 4) is 0 Å². The van der Waals surface area contributed by atoms with Gasteiger partial charge in [-0.2, -0.15) is 0 Å². The van der Waals surface area contributed by atoms with Gasteiger partial charge in [-0.1, -0.05) is 213 Å². The second kappa shape index (κ2) is 39.7. The maximum atomic E-state index is 12.5. The lowest BCUT2D eigenvalue weighted by atomic mass is 10.0. The van der Waals surface area contributed by atoms with Crippen LogP contribution in [0.1, 0.15) is 239 Å². The Morgan fingerprint density at radius 2 is 0.750 bits per heavy atom. The molecule has 0 heterocycles. The largest absolute Gasteiger partial charge is 0.472 e. The quantitative estimate of drug-likeness (QED) is 0.0372. The van der Waals surface area contributed by atoms with E-state index in [9.17, 15) is 19.0 Å². The summed E-state index contributed by atoms with van der Waals surface area (Å²) in [6, 6.07) is 0. The summed E-state index contributed by atoms with van der Waals surface area (Å²) >= 11 is 0. The van der Waals surface area contributed by atoms with Crippen LogP contribution in [-0.2, 0) is 32.7 Å². The van der Waals surface area contributed by atoms with Gasteiger partial charge >= 0.3 is 19.8 Å². The molecule has 0 radical (unpaired) electrons. The van der Waals surface area contributed by atoms with Crippen LogP contribution in [0.15, 0.2) is 0 Å². The van der Waals surface area contributed by atoms with Gasteiger partial charge in [0.05, 0.1) is 6.61 Å². The van der Waals surface area contributed by atoms with Gasteiger partial charge in [-0.25, -0.2) is 4.57 Å². The minimum Gasteiger partial charge on any atom is -0.462 e. The van der Waals surface area contributed by atoms with Crippen LogP contribution >= 0.6 is 7.82 Å². The molecule has 0 saturated heterocycles. The van der Waals surface area contributed by atoms with Crippen LogP contribution in [0.2, 0.25) is 0 Å². The second-order valence-corrected chi connectivity index (χ2v) is 16.8. The maximum Gasteiger partial charge on any atom is 0.472 e. The molecule has 2 atom stereocenters. The Morgan fingerprint density at radius 3 is 1.06 bits per heavy atom. The highest BCUT2D eigenvalue weighted by molar-refractivity contribution is 7.47. The van der Waals surface area contributed by atoms with E-state index in [1.54, 1.807) is 0 Å². The zero-order chi connectivity index (χ0) is 38.2. The van der Waals surface area contributed by atoms with Gasteiger partial charge in [0.15, 0.2) is 6.10 Å². The maximum absolute atomic E-state index is 12.5. The van der Waals surface area contributed by atoms with Crippen LogP contribution in [-0.4, -0.2) is 43.3 Å². The van der Waals surface area contributed by atoms with Gasteiger partial charge in [-0.3, -0.25) is 18.6 Å². The standard InChI is InChI=1S/C43H85O8P/c1-4-6-8-10-12-14-16-18-19-20-21-22-23-24-26-28-30-32-34-36-38-43(45)51-41(40-50-52(46,47)48-3)39-49-42(44)37-35-33-31-29-27-25-17-15-13-11-9-7-5-2/h41H,4-40H2,1-3H3,(H,46,47). The van der Waals surface area contributed by atoms with Crippen LogP contribution in [0.5, 0.6) is 0 Å². The Hall–Kier alpha value is -0.950. The molecule has 0 saturated carbocycles. The van der Waals surface area contributed by atoms with E-state index in [1.165, 1.54) is 173 Å². The lowest BCUT2D eigenvalue weighted by molar-refractivity contribution is -0.161. The molecule has 0 aromatic heterocycles. The third-order valence-electron chi connectivity index (χ3n) is 10.1. The SMILES string of the molecule is CCCCCCCCCCCCCCCCCCCCCCC(=O)OC(COC(=O)CCCCCCCCCCCCCCC)COP(=O)(O)OC. The molecule has 0 amide bonds. The molecule has 0 aromatic rings. The van der Waals surface area contributed by atoms with Gasteiger partial charge in [-0.05, 0) is 12.8 Å². The zero-order valence-electron chi connectivity index (χ0n) is 34.5. The van der Waals surface area contributed by atoms with Crippen molar-refractivity contribution in [3.05, 3.63) is 0 Å². The predicted molar refractivity (Wildman–Crippen MR) is 217 cm³/mol. The number of phosphoric acid groups is 1. The number of rotatable bonds is 42. The van der Waals surface area contributed by atoms with E-state index in [2.05, 4.69) is 18.4 Å². The lowest BCUT2D eigenvalue weighted by Crippen LogP contribution is -2.29. The average molecular weight is 761 g/mol. The van der Waals surface area contributed by atoms with Crippen molar-refractivity contribution in [2.75, 3.05) is 20.3 Å². The van der Waals surface area contributed by atoms with E-state index in [1.807, 2.05) is 0 Å². The van der Waals surface area contributed by atoms with Crippen molar-refractivity contribution in [3.63, 3.8) is 0 Å². The van der Waals surface area contributed by atoms with Crippen LogP contribution in [0.3, 0.4) is 0 Å². The molecular weight excluding hydrogens is 675 g/mol. The third kappa shape index (κ3) is 38.8. The van der Waals surface area contributed by atoms with Gasteiger partial charge < -0.3 is 14.4 Å². The molecule has 0 aromatic carbocycles. The van der Waals surface area contributed by atoms with Gasteiger partial charge in [0, 0.05) is 20.0 Å². The predicted octanol–water partition coefficient (Wildman–Crippen LogP) is 13.9. The van der Waals surface area contributed by atoms with Crippen LogP contribution < -0.4 is 0 Å². The fourth-order valence-corrected chi connectivity index (χ4v) is 7.12. The highest BCUT2D eigenvalue weighted by Gasteiger charge is 2.24. The number of ether oxygens (including phenoxy) is 2. The van der Waals surface area contributed by atoms with Crippen molar-refractivity contribution in [1.29, 1.82) is 0 Å². The number of phosphoric ester groups is 1. The topological polar surface area (TPSA) is 108 Å². The van der Waals surface area contributed by atoms with Crippen LogP contribution in [0, 0.1) is 0 Å². The molecule has 0 rings (SSSR count). The van der Waals surface area contributed by atoms with Gasteiger partial charge in [0.25, 0.3) is 0 Å². The van der Waals surface area contributed by atoms with Crippen molar-refractivity contribution >= 4 is 19.8 Å². The second-order valence-electron chi connectivity index (χ2n) is 15.2. The van der Waals surface area contributed by atoms with E-state index in [0.717, 1.165) is 45.6 Å². The zero-order valence-corrected chi connectivity index (χ0v) is 35.4. The highest BCUT2D eigenvalue weighted by atomic mass is 31.2. The average Bonchev–Trinajstić information content (AvgIpc) is 3.13. The molecule has 8 nitrogen and oxygen atoms in total. The molecule has 1 N–H and O–H groups in total. The van der Waals surface area contributed by atoms with E-state index in [4.69, 9.17) is 14.0 Å². The molecule has 310 valence electrons. The molecule has 0 spiro atoms. The number of carbonyl (C=O) groups is 2. The normalized spacial score (nSPS) is 13.2. The molecule has 9 heteroatoms. The molecule has 0 fully saturated rings. The molecule has 0 bridgehead atoms. The lowest BCUT2D eigenvalue weighted by Gasteiger charge is -2.19. The van der Waals surface area contributed by atoms with Gasteiger partial charge in [0.1, 0.15) is 6.61 Å². The summed E-state index contributed by atoms with van der Waals surface area (Å²) in [5, 5.41) is 0. The molecule has 0 aliphatic rings. The molecule has 2 unspecified atom stereocenters. The highest BCUT2D eigenvalue weighted by Crippen LogP contribution is 2.42. The first-order chi connectivity index (χ1) is 25.3. The van der Waals surface area contributed by atoms with Crippen molar-refractivity contribution in [1.82, 2.24) is 0 Å². The first-order valence-corrected chi connectivity index (χ1v) is 23.7. The number of hydrogen-bond acceptors (Lipinski definition) is 7. The first-order valence-electron chi connectivity index (χ1n) is 22.2. The fourth-order valence-electron chi connectivity index (χ4n) is 6.66. The summed E-state index contributed by atoms with van der Waals surface area (Å²) in [6.07, 6.45) is 41.6. The molecular formula is C43H85O8P. The molecule has 0 aliphatic carbocycles. The van der Waals surface area contributed by atoms with Crippen molar-refractivity contribution < 1.29 is 37.6 Å². The number of unbranched alkanes of at least 4 members (excludes halogenated alkanes) is 31. The fraction of sp³-hybridized carbons (Fsp3) is 0.953. The summed E-state index contributed by atoms with van der Waals surface area (Å²) in [4.78, 5) is 34.5. The van der Waals surface area contributed by atoms with Crippen molar-refractivity contribution in [2.45, 2.75) is 245 Å². The van der Waals surface area contributed by atoms with Crippen LogP contribution in [0.25, 0.3) is 0 Å². The molecule has 0 aliphatic heterocycles. The monoisotopic (exact) mass is 761 g/mol. The minimum atomic E-state index is -4.25. The van der Waals surface area contributed by atoms with E-state index >= 15 is 0 Å². The summed E-state index contributed by atoms with van der Waals surface area (Å²) < 4.78 is 32.0. The Morgan fingerprint density at radius 1 is 0.462 bits per heavy atom. The van der Waals surface area contributed by atoms with Gasteiger partial charge in [-0.15, -0.1) is 0 Å². The summed E-state index contributed by atoms with van der Waals surface area (Å²) in [6.45, 7) is 3.92. The van der Waals surface area contributed by atoms with E-state index in [0.29, 0.717) is 6.42 Å². The van der Waals surface area contributed by atoms with E-state index < -0.39 is 26.5 Å².